The molecule has 2 N–H and O–H groups in total. The van der Waals surface area contributed by atoms with E-state index in [1.54, 1.807) is 24.9 Å². The molecule has 0 radical (unpaired) electrons. The van der Waals surface area contributed by atoms with Gasteiger partial charge in [0.1, 0.15) is 0 Å². The normalized spacial score (nSPS) is 14.7. The van der Waals surface area contributed by atoms with Crippen LogP contribution >= 0.6 is 15.9 Å². The van der Waals surface area contributed by atoms with Crippen LogP contribution in [0.5, 0.6) is 0 Å². The molecule has 0 aliphatic heterocycles. The van der Waals surface area contributed by atoms with Crippen molar-refractivity contribution in [2.75, 3.05) is 5.32 Å². The maximum atomic E-state index is 12.2. The van der Waals surface area contributed by atoms with Crippen LogP contribution in [0.3, 0.4) is 0 Å². The average molecular weight is 418 g/mol. The Labute approximate surface area is 160 Å². The van der Waals surface area contributed by atoms with Crippen molar-refractivity contribution >= 4 is 39.1 Å². The van der Waals surface area contributed by atoms with E-state index in [4.69, 9.17) is 0 Å². The molecule has 0 unspecified atom stereocenters. The summed E-state index contributed by atoms with van der Waals surface area (Å²) in [5.41, 5.74) is 4.95. The van der Waals surface area contributed by atoms with Crippen molar-refractivity contribution in [3.05, 3.63) is 46.2 Å². The molecule has 1 fully saturated rings. The fraction of sp³-hybridized carbons (Fsp3) is 0.333. The Hall–Kier alpha value is -2.48. The summed E-state index contributed by atoms with van der Waals surface area (Å²) in [6.45, 7) is 1.79. The molecule has 0 atom stereocenters. The van der Waals surface area contributed by atoms with Crippen molar-refractivity contribution in [1.82, 2.24) is 15.2 Å². The molecule has 2 amide bonds. The van der Waals surface area contributed by atoms with Crippen molar-refractivity contribution in [2.45, 2.75) is 26.2 Å². The highest BCUT2D eigenvalue weighted by Gasteiger charge is 2.25. The molecular weight excluding hydrogens is 398 g/mol. The molecule has 0 bridgehead atoms. The van der Waals surface area contributed by atoms with Gasteiger partial charge in [-0.05, 0) is 53.4 Å². The molecule has 0 spiro atoms. The molecule has 1 saturated carbocycles. The van der Waals surface area contributed by atoms with Crippen LogP contribution in [-0.4, -0.2) is 27.3 Å². The average Bonchev–Trinajstić information content (AvgIpc) is 2.89. The van der Waals surface area contributed by atoms with E-state index in [1.807, 2.05) is 24.3 Å². The Morgan fingerprint density at radius 3 is 2.73 bits per heavy atom. The molecule has 8 heteroatoms. The first-order valence-electron chi connectivity index (χ1n) is 8.39. The van der Waals surface area contributed by atoms with E-state index < -0.39 is 5.91 Å². The van der Waals surface area contributed by atoms with Gasteiger partial charge < -0.3 is 5.32 Å². The highest BCUT2D eigenvalue weighted by Crippen LogP contribution is 2.27. The summed E-state index contributed by atoms with van der Waals surface area (Å²) in [6, 6.07) is 7.41. The zero-order valence-corrected chi connectivity index (χ0v) is 16.2. The minimum Gasteiger partial charge on any atom is -0.326 e. The second-order valence-corrected chi connectivity index (χ2v) is 7.19. The number of hydrazone groups is 1. The van der Waals surface area contributed by atoms with Gasteiger partial charge in [-0.3, -0.25) is 14.3 Å². The summed E-state index contributed by atoms with van der Waals surface area (Å²) in [5, 5.41) is 11.2. The van der Waals surface area contributed by atoms with Crippen LogP contribution in [0.15, 0.2) is 40.0 Å². The lowest BCUT2D eigenvalue weighted by Crippen LogP contribution is -2.28. The van der Waals surface area contributed by atoms with E-state index in [2.05, 4.69) is 36.9 Å². The van der Waals surface area contributed by atoms with Crippen LogP contribution in [0, 0.1) is 5.92 Å². The van der Waals surface area contributed by atoms with E-state index >= 15 is 0 Å². The smallest absolute Gasteiger partial charge is 0.293 e. The summed E-state index contributed by atoms with van der Waals surface area (Å²) in [6.07, 6.45) is 4.73. The van der Waals surface area contributed by atoms with Crippen molar-refractivity contribution in [3.63, 3.8) is 0 Å². The van der Waals surface area contributed by atoms with Gasteiger partial charge in [0.25, 0.3) is 5.91 Å². The Kier molecular flexibility index (Phi) is 5.51. The van der Waals surface area contributed by atoms with Gasteiger partial charge in [0, 0.05) is 24.8 Å². The van der Waals surface area contributed by atoms with E-state index in [0.717, 1.165) is 30.5 Å². The molecule has 7 nitrogen and oxygen atoms in total. The van der Waals surface area contributed by atoms with Gasteiger partial charge >= 0.3 is 0 Å². The van der Waals surface area contributed by atoms with Gasteiger partial charge in [0.15, 0.2) is 5.69 Å². The zero-order chi connectivity index (χ0) is 18.7. The number of nitrogens with zero attached hydrogens (tertiary/aromatic N) is 3. The summed E-state index contributed by atoms with van der Waals surface area (Å²) in [5.74, 6) is -0.202. The number of amides is 2. The summed E-state index contributed by atoms with van der Waals surface area (Å²) >= 11 is 3.29. The maximum Gasteiger partial charge on any atom is 0.293 e. The third kappa shape index (κ3) is 4.19. The molecule has 2 aromatic rings. The van der Waals surface area contributed by atoms with Gasteiger partial charge in [0.2, 0.25) is 5.91 Å². The number of nitrogens with one attached hydrogen (secondary N) is 2. The molecule has 1 aromatic carbocycles. The number of anilines is 1. The van der Waals surface area contributed by atoms with Crippen LogP contribution < -0.4 is 10.7 Å². The minimum absolute atomic E-state index is 0.0660. The molecule has 0 saturated heterocycles. The molecular formula is C18H20BrN5O2. The lowest BCUT2D eigenvalue weighted by molar-refractivity contribution is -0.122. The summed E-state index contributed by atoms with van der Waals surface area (Å²) in [7, 11) is 1.74. The monoisotopic (exact) mass is 417 g/mol. The highest BCUT2D eigenvalue weighted by molar-refractivity contribution is 9.10. The van der Waals surface area contributed by atoms with Crippen LogP contribution in [-0.2, 0) is 11.8 Å². The maximum absolute atomic E-state index is 12.2. The van der Waals surface area contributed by atoms with E-state index in [-0.39, 0.29) is 17.5 Å². The molecule has 1 heterocycles. The molecule has 136 valence electrons. The number of rotatable bonds is 5. The second-order valence-electron chi connectivity index (χ2n) is 6.34. The third-order valence-electron chi connectivity index (χ3n) is 4.35. The van der Waals surface area contributed by atoms with Crippen molar-refractivity contribution in [3.8, 4) is 0 Å². The molecule has 1 aromatic heterocycles. The topological polar surface area (TPSA) is 88.4 Å². The number of aromatic nitrogens is 2. The van der Waals surface area contributed by atoms with Crippen LogP contribution in [0.25, 0.3) is 0 Å². The number of carbonyl (C=O) groups is 2. The number of hydrogen-bond acceptors (Lipinski definition) is 4. The summed E-state index contributed by atoms with van der Waals surface area (Å²) < 4.78 is 2.15. The number of halogens is 1. The largest absolute Gasteiger partial charge is 0.326 e. The number of benzene rings is 1. The van der Waals surface area contributed by atoms with E-state index in [9.17, 15) is 9.59 Å². The number of aryl methyl sites for hydroxylation is 1. The van der Waals surface area contributed by atoms with Gasteiger partial charge in [0.05, 0.1) is 10.2 Å². The van der Waals surface area contributed by atoms with Gasteiger partial charge in [-0.25, -0.2) is 5.43 Å². The van der Waals surface area contributed by atoms with Crippen molar-refractivity contribution in [2.24, 2.45) is 18.1 Å². The standard InChI is InChI=1S/C18H20BrN5O2/c1-11(21-22-18(26)16-15(19)10-24(2)23-16)13-7-4-8-14(9-13)20-17(25)12-5-3-6-12/h4,7-10,12H,3,5-6H2,1-2H3,(H,20,25)(H,22,26). The fourth-order valence-electron chi connectivity index (χ4n) is 2.60. The molecule has 3 rings (SSSR count). The van der Waals surface area contributed by atoms with Crippen LogP contribution in [0.2, 0.25) is 0 Å². The highest BCUT2D eigenvalue weighted by atomic mass is 79.9. The van der Waals surface area contributed by atoms with Gasteiger partial charge in [-0.2, -0.15) is 10.2 Å². The first-order valence-corrected chi connectivity index (χ1v) is 9.18. The Bertz CT molecular complexity index is 870. The predicted octanol–water partition coefficient (Wildman–Crippen LogP) is 3.08. The first-order chi connectivity index (χ1) is 12.4. The molecule has 1 aliphatic rings. The lowest BCUT2D eigenvalue weighted by atomic mass is 9.85. The molecule has 26 heavy (non-hydrogen) atoms. The fourth-order valence-corrected chi connectivity index (χ4v) is 3.16. The second kappa shape index (κ2) is 7.82. The van der Waals surface area contributed by atoms with E-state index in [1.165, 1.54) is 0 Å². The Balaban J connectivity index is 1.66. The Morgan fingerprint density at radius 1 is 1.35 bits per heavy atom. The van der Waals surface area contributed by atoms with Crippen LogP contribution in [0.1, 0.15) is 42.2 Å². The zero-order valence-electron chi connectivity index (χ0n) is 14.6. The van der Waals surface area contributed by atoms with Gasteiger partial charge in [-0.15, -0.1) is 0 Å². The van der Waals surface area contributed by atoms with Crippen LogP contribution in [0.4, 0.5) is 5.69 Å². The Morgan fingerprint density at radius 2 is 2.12 bits per heavy atom. The summed E-state index contributed by atoms with van der Waals surface area (Å²) in [4.78, 5) is 24.2. The van der Waals surface area contributed by atoms with Crippen molar-refractivity contribution in [1.29, 1.82) is 0 Å². The van der Waals surface area contributed by atoms with Crippen molar-refractivity contribution < 1.29 is 9.59 Å². The third-order valence-corrected chi connectivity index (χ3v) is 4.93. The SMILES string of the molecule is CC(=NNC(=O)c1nn(C)cc1Br)c1cccc(NC(=O)C2CCC2)c1. The predicted molar refractivity (Wildman–Crippen MR) is 103 cm³/mol. The number of carbonyl (C=O) groups excluding carboxylic acids is 2. The molecule has 1 aliphatic carbocycles. The number of hydrogen-bond donors (Lipinski definition) is 2. The lowest BCUT2D eigenvalue weighted by Gasteiger charge is -2.24. The van der Waals surface area contributed by atoms with E-state index in [0.29, 0.717) is 10.2 Å². The quantitative estimate of drug-likeness (QED) is 0.578. The van der Waals surface area contributed by atoms with Gasteiger partial charge in [-0.1, -0.05) is 18.6 Å². The minimum atomic E-state index is -0.397. The first kappa shape index (κ1) is 18.3.